The minimum Gasteiger partial charge on any atom is -0.399 e. The number of nitrogens with two attached hydrogens (primary N) is 1. The molecule has 1 aromatic carbocycles. The molecule has 3 rings (SSSR count). The number of aromatic nitrogens is 3. The molecule has 2 aromatic heterocycles. The molecule has 0 saturated heterocycles. The van der Waals surface area contributed by atoms with E-state index in [2.05, 4.69) is 15.0 Å². The van der Waals surface area contributed by atoms with Gasteiger partial charge in [-0.05, 0) is 24.3 Å². The van der Waals surface area contributed by atoms with Crippen molar-refractivity contribution in [1.29, 1.82) is 0 Å². The van der Waals surface area contributed by atoms with Crippen molar-refractivity contribution in [3.8, 4) is 0 Å². The second-order valence-corrected chi connectivity index (χ2v) is 4.96. The maximum atomic E-state index is 11.3. The van der Waals surface area contributed by atoms with E-state index in [4.69, 9.17) is 5.73 Å². The Morgan fingerprint density at radius 1 is 1.11 bits per heavy atom. The number of nitrogen functional groups attached to an aromatic ring is 1. The zero-order chi connectivity index (χ0) is 13.2. The van der Waals surface area contributed by atoms with Crippen molar-refractivity contribution in [3.05, 3.63) is 53.1 Å². The molecule has 0 radical (unpaired) electrons. The molecule has 2 heterocycles. The third-order valence-corrected chi connectivity index (χ3v) is 3.56. The van der Waals surface area contributed by atoms with Gasteiger partial charge in [-0.1, -0.05) is 11.8 Å². The Hall–Kier alpha value is -2.34. The monoisotopic (exact) mass is 270 g/mol. The molecular weight excluding hydrogens is 260 g/mol. The van der Waals surface area contributed by atoms with Crippen molar-refractivity contribution < 1.29 is 0 Å². The Kier molecular flexibility index (Phi) is 2.92. The zero-order valence-electron chi connectivity index (χ0n) is 9.83. The number of nitrogens with one attached hydrogen (secondary N) is 1. The lowest BCUT2D eigenvalue weighted by atomic mass is 10.2. The molecular formula is C13H10N4OS. The van der Waals surface area contributed by atoms with E-state index in [9.17, 15) is 4.79 Å². The molecule has 0 bridgehead atoms. The van der Waals surface area contributed by atoms with E-state index >= 15 is 0 Å². The average Bonchev–Trinajstić information content (AvgIpc) is 2.38. The summed E-state index contributed by atoms with van der Waals surface area (Å²) < 4.78 is 0. The number of H-pyrrole nitrogens is 1. The minimum absolute atomic E-state index is 0.167. The number of nitrogens with zero attached hydrogens (tertiary/aromatic N) is 2. The first kappa shape index (κ1) is 11.7. The van der Waals surface area contributed by atoms with Crippen LogP contribution in [0.15, 0.2) is 57.6 Å². The molecule has 0 atom stereocenters. The predicted octanol–water partition coefficient (Wildman–Crippen LogP) is 2.05. The van der Waals surface area contributed by atoms with Gasteiger partial charge in [0.05, 0.1) is 5.52 Å². The molecule has 0 spiro atoms. The van der Waals surface area contributed by atoms with Crippen LogP contribution in [0.5, 0.6) is 0 Å². The topological polar surface area (TPSA) is 84.7 Å². The summed E-state index contributed by atoms with van der Waals surface area (Å²) in [5.74, 6) is 0. The van der Waals surface area contributed by atoms with Crippen LogP contribution in [0.1, 0.15) is 0 Å². The molecule has 0 unspecified atom stereocenters. The summed E-state index contributed by atoms with van der Waals surface area (Å²) in [6.07, 6.45) is 3.20. The molecule has 5 nitrogen and oxygen atoms in total. The van der Waals surface area contributed by atoms with E-state index in [1.54, 1.807) is 6.20 Å². The molecule has 0 aliphatic rings. The Labute approximate surface area is 112 Å². The van der Waals surface area contributed by atoms with Crippen LogP contribution in [0.2, 0.25) is 0 Å². The van der Waals surface area contributed by atoms with Crippen LogP contribution in [0, 0.1) is 0 Å². The van der Waals surface area contributed by atoms with Crippen molar-refractivity contribution in [1.82, 2.24) is 15.0 Å². The van der Waals surface area contributed by atoms with E-state index in [-0.39, 0.29) is 5.56 Å². The van der Waals surface area contributed by atoms with Gasteiger partial charge in [-0.3, -0.25) is 9.78 Å². The fourth-order valence-electron chi connectivity index (χ4n) is 1.74. The quantitative estimate of drug-likeness (QED) is 0.550. The molecule has 0 saturated carbocycles. The highest BCUT2D eigenvalue weighted by Gasteiger charge is 2.05. The fourth-order valence-corrected chi connectivity index (χ4v) is 2.62. The van der Waals surface area contributed by atoms with Crippen LogP contribution in [-0.2, 0) is 0 Å². The number of fused-ring (bicyclic) bond motifs is 1. The summed E-state index contributed by atoms with van der Waals surface area (Å²) >= 11 is 1.39. The van der Waals surface area contributed by atoms with Gasteiger partial charge in [-0.25, -0.2) is 4.98 Å². The lowest BCUT2D eigenvalue weighted by molar-refractivity contribution is 0.937. The first-order chi connectivity index (χ1) is 9.22. The zero-order valence-corrected chi connectivity index (χ0v) is 10.6. The molecule has 94 valence electrons. The van der Waals surface area contributed by atoms with Crippen molar-refractivity contribution >= 4 is 28.4 Å². The van der Waals surface area contributed by atoms with Crippen LogP contribution < -0.4 is 11.3 Å². The van der Waals surface area contributed by atoms with Crippen molar-refractivity contribution in [2.45, 2.75) is 10.1 Å². The summed E-state index contributed by atoms with van der Waals surface area (Å²) in [4.78, 5) is 23.3. The maximum Gasteiger partial charge on any atom is 0.251 e. The number of benzene rings is 1. The summed E-state index contributed by atoms with van der Waals surface area (Å²) in [5.41, 5.74) is 7.07. The van der Waals surface area contributed by atoms with Gasteiger partial charge >= 0.3 is 0 Å². The van der Waals surface area contributed by atoms with Crippen molar-refractivity contribution in [3.63, 3.8) is 0 Å². The van der Waals surface area contributed by atoms with E-state index in [0.29, 0.717) is 10.8 Å². The highest BCUT2D eigenvalue weighted by molar-refractivity contribution is 7.99. The summed E-state index contributed by atoms with van der Waals surface area (Å²) in [6.45, 7) is 0. The molecule has 0 aliphatic heterocycles. The fraction of sp³-hybridized carbons (Fsp3) is 0. The lowest BCUT2D eigenvalue weighted by Crippen LogP contribution is -2.05. The van der Waals surface area contributed by atoms with Crippen LogP contribution in [0.4, 0.5) is 5.69 Å². The highest BCUT2D eigenvalue weighted by Crippen LogP contribution is 2.30. The first-order valence-electron chi connectivity index (χ1n) is 5.60. The molecule has 3 N–H and O–H groups in total. The third-order valence-electron chi connectivity index (χ3n) is 2.58. The van der Waals surface area contributed by atoms with Gasteiger partial charge in [0.2, 0.25) is 0 Å². The lowest BCUT2D eigenvalue weighted by Gasteiger charge is -2.05. The Balaban J connectivity index is 2.08. The van der Waals surface area contributed by atoms with Gasteiger partial charge in [0.15, 0.2) is 5.16 Å². The number of pyridine rings is 1. The van der Waals surface area contributed by atoms with Gasteiger partial charge in [0.25, 0.3) is 5.56 Å². The van der Waals surface area contributed by atoms with Crippen molar-refractivity contribution in [2.75, 3.05) is 5.73 Å². The van der Waals surface area contributed by atoms with Crippen molar-refractivity contribution in [2.24, 2.45) is 0 Å². The average molecular weight is 270 g/mol. The van der Waals surface area contributed by atoms with Crippen LogP contribution in [0.25, 0.3) is 10.9 Å². The number of anilines is 1. The summed E-state index contributed by atoms with van der Waals surface area (Å²) in [6, 6.07) is 8.84. The smallest absolute Gasteiger partial charge is 0.251 e. The normalized spacial score (nSPS) is 10.7. The molecule has 19 heavy (non-hydrogen) atoms. The van der Waals surface area contributed by atoms with E-state index < -0.39 is 0 Å². The van der Waals surface area contributed by atoms with E-state index in [1.807, 2.05) is 24.3 Å². The van der Waals surface area contributed by atoms with Gasteiger partial charge in [0.1, 0.15) is 0 Å². The standard InChI is InChI=1S/C13H10N4OS/c14-8-1-2-9-10(7-8)15-5-3-11(9)19-13-16-6-4-12(18)17-13/h1-7H,14H2,(H,16,17,18). The van der Waals surface area contributed by atoms with Gasteiger partial charge in [0, 0.05) is 34.4 Å². The number of rotatable bonds is 2. The van der Waals surface area contributed by atoms with Gasteiger partial charge in [-0.15, -0.1) is 0 Å². The van der Waals surface area contributed by atoms with E-state index in [0.717, 1.165) is 15.8 Å². The molecule has 0 aliphatic carbocycles. The van der Waals surface area contributed by atoms with Crippen LogP contribution in [0.3, 0.4) is 0 Å². The Bertz CT molecular complexity index is 800. The summed E-state index contributed by atoms with van der Waals surface area (Å²) in [5, 5.41) is 1.53. The van der Waals surface area contributed by atoms with Crippen LogP contribution in [-0.4, -0.2) is 15.0 Å². The van der Waals surface area contributed by atoms with E-state index in [1.165, 1.54) is 24.0 Å². The molecule has 6 heteroatoms. The summed E-state index contributed by atoms with van der Waals surface area (Å²) in [7, 11) is 0. The molecule has 0 amide bonds. The van der Waals surface area contributed by atoms with Gasteiger partial charge < -0.3 is 10.7 Å². The molecule has 3 aromatic rings. The third kappa shape index (κ3) is 2.43. The SMILES string of the molecule is Nc1ccc2c(Sc3nccc(=O)[nH]3)ccnc2c1. The Morgan fingerprint density at radius 2 is 1.95 bits per heavy atom. The second-order valence-electron chi connectivity index (χ2n) is 3.93. The highest BCUT2D eigenvalue weighted by atomic mass is 32.2. The number of aromatic amines is 1. The number of hydrogen-bond donors (Lipinski definition) is 2. The predicted molar refractivity (Wildman–Crippen MR) is 75.1 cm³/mol. The van der Waals surface area contributed by atoms with Gasteiger partial charge in [-0.2, -0.15) is 0 Å². The molecule has 0 fully saturated rings. The largest absolute Gasteiger partial charge is 0.399 e. The Morgan fingerprint density at radius 3 is 2.79 bits per heavy atom. The van der Waals surface area contributed by atoms with Crippen LogP contribution >= 0.6 is 11.8 Å². The first-order valence-corrected chi connectivity index (χ1v) is 6.41. The number of hydrogen-bond acceptors (Lipinski definition) is 5. The maximum absolute atomic E-state index is 11.3. The second kappa shape index (κ2) is 4.74. The minimum atomic E-state index is -0.167.